The van der Waals surface area contributed by atoms with Crippen LogP contribution in [0, 0.1) is 0 Å². The topological polar surface area (TPSA) is 55.8 Å². The maximum absolute atomic E-state index is 12.4. The van der Waals surface area contributed by atoms with Gasteiger partial charge in [0, 0.05) is 25.5 Å². The minimum absolute atomic E-state index is 0.00872. The van der Waals surface area contributed by atoms with Crippen molar-refractivity contribution >= 4 is 11.7 Å². The summed E-state index contributed by atoms with van der Waals surface area (Å²) in [6.07, 6.45) is 1.12. The average Bonchev–Trinajstić information content (AvgIpc) is 2.71. The summed E-state index contributed by atoms with van der Waals surface area (Å²) in [5, 5.41) is 0. The number of ketones is 1. The van der Waals surface area contributed by atoms with Crippen molar-refractivity contribution in [2.75, 3.05) is 20.2 Å². The zero-order valence-corrected chi connectivity index (χ0v) is 15.8. The molecule has 5 heteroatoms. The minimum atomic E-state index is -0.217. The normalized spacial score (nSPS) is 15.3. The predicted molar refractivity (Wildman–Crippen MR) is 103 cm³/mol. The molecule has 2 aromatic carbocycles. The second-order valence-electron chi connectivity index (χ2n) is 6.75. The fourth-order valence-electron chi connectivity index (χ4n) is 3.04. The predicted octanol–water partition coefficient (Wildman–Crippen LogP) is 3.51. The molecule has 0 saturated carbocycles. The Morgan fingerprint density at radius 3 is 2.44 bits per heavy atom. The summed E-state index contributed by atoms with van der Waals surface area (Å²) in [6.45, 7) is 2.90. The van der Waals surface area contributed by atoms with Crippen LogP contribution in [0.2, 0.25) is 0 Å². The molecule has 0 radical (unpaired) electrons. The summed E-state index contributed by atoms with van der Waals surface area (Å²) >= 11 is 0. The molecule has 1 aliphatic rings. The van der Waals surface area contributed by atoms with Gasteiger partial charge in [0.1, 0.15) is 6.61 Å². The lowest BCUT2D eigenvalue weighted by atomic mass is 10.0. The fourth-order valence-corrected chi connectivity index (χ4v) is 3.04. The Balaban J connectivity index is 1.47. The van der Waals surface area contributed by atoms with Gasteiger partial charge in [-0.05, 0) is 24.1 Å². The number of fused-ring (bicyclic) bond motifs is 1. The molecule has 0 saturated heterocycles. The number of rotatable bonds is 7. The van der Waals surface area contributed by atoms with Gasteiger partial charge in [0.25, 0.3) is 0 Å². The van der Waals surface area contributed by atoms with Gasteiger partial charge >= 0.3 is 0 Å². The summed E-state index contributed by atoms with van der Waals surface area (Å²) < 4.78 is 11.6. The van der Waals surface area contributed by atoms with Gasteiger partial charge < -0.3 is 14.4 Å². The third-order valence-corrected chi connectivity index (χ3v) is 4.72. The van der Waals surface area contributed by atoms with Crippen molar-refractivity contribution in [1.29, 1.82) is 0 Å². The summed E-state index contributed by atoms with van der Waals surface area (Å²) in [5.41, 5.74) is 1.85. The molecule has 5 nitrogen and oxygen atoms in total. The van der Waals surface area contributed by atoms with Crippen molar-refractivity contribution in [3.63, 3.8) is 0 Å². The summed E-state index contributed by atoms with van der Waals surface area (Å²) in [4.78, 5) is 26.3. The van der Waals surface area contributed by atoms with E-state index in [1.807, 2.05) is 48.5 Å². The second kappa shape index (κ2) is 8.71. The Labute approximate surface area is 159 Å². The second-order valence-corrected chi connectivity index (χ2v) is 6.75. The van der Waals surface area contributed by atoms with Crippen LogP contribution < -0.4 is 9.47 Å². The Morgan fingerprint density at radius 1 is 1.04 bits per heavy atom. The number of Topliss-reactive ketones (excluding diaryl/α,β-unsaturated/α-hetero) is 1. The smallest absolute Gasteiger partial charge is 0.222 e. The molecule has 3 rings (SSSR count). The first-order chi connectivity index (χ1) is 13.1. The van der Waals surface area contributed by atoms with Gasteiger partial charge in [-0.15, -0.1) is 0 Å². The van der Waals surface area contributed by atoms with E-state index in [4.69, 9.17) is 9.47 Å². The maximum Gasteiger partial charge on any atom is 0.222 e. The Bertz CT molecular complexity index is 800. The van der Waals surface area contributed by atoms with Gasteiger partial charge in [-0.2, -0.15) is 0 Å². The highest BCUT2D eigenvalue weighted by atomic mass is 16.6. The van der Waals surface area contributed by atoms with Gasteiger partial charge in [-0.25, -0.2) is 0 Å². The van der Waals surface area contributed by atoms with Crippen LogP contribution in [0.25, 0.3) is 0 Å². The molecule has 1 aliphatic heterocycles. The van der Waals surface area contributed by atoms with Crippen LogP contribution in [0.5, 0.6) is 11.5 Å². The molecular formula is C22H25NO4. The quantitative estimate of drug-likeness (QED) is 0.703. The van der Waals surface area contributed by atoms with Crippen LogP contribution in [0.15, 0.2) is 48.5 Å². The summed E-state index contributed by atoms with van der Waals surface area (Å²) in [7, 11) is 1.73. The minimum Gasteiger partial charge on any atom is -0.486 e. The van der Waals surface area contributed by atoms with Crippen LogP contribution in [0.4, 0.5) is 0 Å². The first-order valence-corrected chi connectivity index (χ1v) is 9.31. The molecule has 0 spiro atoms. The van der Waals surface area contributed by atoms with Crippen molar-refractivity contribution in [3.05, 3.63) is 59.7 Å². The number of carbonyl (C=O) groups is 2. The van der Waals surface area contributed by atoms with E-state index in [2.05, 4.69) is 6.92 Å². The van der Waals surface area contributed by atoms with Crippen LogP contribution in [0.3, 0.4) is 0 Å². The van der Waals surface area contributed by atoms with Crippen molar-refractivity contribution in [2.45, 2.75) is 32.3 Å². The first kappa shape index (κ1) is 19.0. The van der Waals surface area contributed by atoms with Crippen LogP contribution in [0.1, 0.15) is 35.7 Å². The van der Waals surface area contributed by atoms with Crippen LogP contribution >= 0.6 is 0 Å². The number of amides is 1. The zero-order chi connectivity index (χ0) is 19.2. The molecule has 1 heterocycles. The standard InChI is InChI=1S/C22H25NO4/c1-3-16-8-10-17(11-9-16)19(24)12-13-22(25)23(2)14-18-15-26-20-6-4-5-7-21(20)27-18/h4-11,18H,3,12-15H2,1-2H3. The number of aryl methyl sites for hydroxylation is 1. The molecule has 0 bridgehead atoms. The third kappa shape index (κ3) is 4.88. The Morgan fingerprint density at radius 2 is 1.74 bits per heavy atom. The number of carbonyl (C=O) groups excluding carboxylic acids is 2. The van der Waals surface area contributed by atoms with Crippen LogP contribution in [-0.2, 0) is 11.2 Å². The number of hydrogen-bond donors (Lipinski definition) is 0. The van der Waals surface area contributed by atoms with Gasteiger partial charge in [0.15, 0.2) is 23.4 Å². The maximum atomic E-state index is 12.4. The Hall–Kier alpha value is -2.82. The van der Waals surface area contributed by atoms with Crippen LogP contribution in [-0.4, -0.2) is 42.9 Å². The largest absolute Gasteiger partial charge is 0.486 e. The van der Waals surface area contributed by atoms with E-state index in [9.17, 15) is 9.59 Å². The van der Waals surface area contributed by atoms with E-state index >= 15 is 0 Å². The Kier molecular flexibility index (Phi) is 6.12. The lowest BCUT2D eigenvalue weighted by Gasteiger charge is -2.29. The lowest BCUT2D eigenvalue weighted by molar-refractivity contribution is -0.131. The van der Waals surface area contributed by atoms with E-state index in [0.29, 0.717) is 24.5 Å². The molecular weight excluding hydrogens is 342 g/mol. The molecule has 1 amide bonds. The number of likely N-dealkylation sites (N-methyl/N-ethyl adjacent to an activating group) is 1. The number of ether oxygens (including phenoxy) is 2. The number of hydrogen-bond acceptors (Lipinski definition) is 4. The molecule has 27 heavy (non-hydrogen) atoms. The highest BCUT2D eigenvalue weighted by molar-refractivity contribution is 5.97. The third-order valence-electron chi connectivity index (χ3n) is 4.72. The summed E-state index contributed by atoms with van der Waals surface area (Å²) in [6, 6.07) is 15.1. The zero-order valence-electron chi connectivity index (χ0n) is 15.8. The fraction of sp³-hybridized carbons (Fsp3) is 0.364. The molecule has 0 fully saturated rings. The molecule has 142 valence electrons. The lowest BCUT2D eigenvalue weighted by Crippen LogP contribution is -2.41. The van der Waals surface area contributed by atoms with Gasteiger partial charge in [-0.1, -0.05) is 43.3 Å². The monoisotopic (exact) mass is 367 g/mol. The van der Waals surface area contributed by atoms with Crippen molar-refractivity contribution < 1.29 is 19.1 Å². The molecule has 0 N–H and O–H groups in total. The van der Waals surface area contributed by atoms with Crippen molar-refractivity contribution in [3.8, 4) is 11.5 Å². The average molecular weight is 367 g/mol. The number of para-hydroxylation sites is 2. The van der Waals surface area contributed by atoms with E-state index in [1.165, 1.54) is 5.56 Å². The summed E-state index contributed by atoms with van der Waals surface area (Å²) in [5.74, 6) is 1.34. The van der Waals surface area contributed by atoms with E-state index in [-0.39, 0.29) is 30.6 Å². The number of benzene rings is 2. The highest BCUT2D eigenvalue weighted by Gasteiger charge is 2.23. The van der Waals surface area contributed by atoms with Gasteiger partial charge in [0.05, 0.1) is 6.54 Å². The first-order valence-electron chi connectivity index (χ1n) is 9.31. The van der Waals surface area contributed by atoms with Crippen molar-refractivity contribution in [1.82, 2.24) is 4.90 Å². The van der Waals surface area contributed by atoms with E-state index in [1.54, 1.807) is 11.9 Å². The molecule has 0 aliphatic carbocycles. The number of nitrogens with zero attached hydrogens (tertiary/aromatic N) is 1. The molecule has 1 atom stereocenters. The van der Waals surface area contributed by atoms with E-state index in [0.717, 1.165) is 12.2 Å². The molecule has 2 aromatic rings. The SMILES string of the molecule is CCc1ccc(C(=O)CCC(=O)N(C)CC2COc3ccccc3O2)cc1. The molecule has 0 aromatic heterocycles. The molecule has 1 unspecified atom stereocenters. The van der Waals surface area contributed by atoms with Crippen molar-refractivity contribution in [2.24, 2.45) is 0 Å². The highest BCUT2D eigenvalue weighted by Crippen LogP contribution is 2.30. The van der Waals surface area contributed by atoms with Gasteiger partial charge in [-0.3, -0.25) is 9.59 Å². The van der Waals surface area contributed by atoms with E-state index < -0.39 is 0 Å². The van der Waals surface area contributed by atoms with Gasteiger partial charge in [0.2, 0.25) is 5.91 Å².